The Kier molecular flexibility index (Phi) is 2.66. The van der Waals surface area contributed by atoms with Gasteiger partial charge >= 0.3 is 0 Å². The van der Waals surface area contributed by atoms with Crippen molar-refractivity contribution >= 4 is 0 Å². The highest BCUT2D eigenvalue weighted by Crippen LogP contribution is 2.23. The maximum atomic E-state index is 9.89. The van der Waals surface area contributed by atoms with E-state index in [1.165, 1.54) is 0 Å². The van der Waals surface area contributed by atoms with E-state index in [-0.39, 0.29) is 5.75 Å². The van der Waals surface area contributed by atoms with E-state index in [1.54, 1.807) is 10.7 Å². The average Bonchev–Trinajstić information content (AvgIpc) is 2.57. The van der Waals surface area contributed by atoms with Gasteiger partial charge in [0.05, 0.1) is 5.69 Å². The van der Waals surface area contributed by atoms with Crippen LogP contribution < -0.4 is 5.73 Å². The number of phenolic OH excluding ortho intramolecular Hbond substituents is 1. The van der Waals surface area contributed by atoms with Crippen molar-refractivity contribution in [2.45, 2.75) is 20.4 Å². The van der Waals surface area contributed by atoms with Gasteiger partial charge < -0.3 is 10.8 Å². The molecule has 16 heavy (non-hydrogen) atoms. The molecule has 0 fully saturated rings. The summed E-state index contributed by atoms with van der Waals surface area (Å²) in [5.74, 6) is 0.203. The van der Waals surface area contributed by atoms with Crippen molar-refractivity contribution in [2.24, 2.45) is 5.73 Å². The first-order chi connectivity index (χ1) is 7.61. The maximum Gasteiger partial charge on any atom is 0.141 e. The van der Waals surface area contributed by atoms with Crippen LogP contribution in [0.15, 0.2) is 24.3 Å². The minimum atomic E-state index is 0.203. The third-order valence-corrected chi connectivity index (χ3v) is 2.51. The van der Waals surface area contributed by atoms with Crippen LogP contribution in [-0.4, -0.2) is 14.9 Å². The predicted octanol–water partition coefficient (Wildman–Crippen LogP) is 1.65. The summed E-state index contributed by atoms with van der Waals surface area (Å²) in [6.07, 6.45) is 0. The summed E-state index contributed by atoms with van der Waals surface area (Å²) >= 11 is 0. The molecule has 2 rings (SSSR count). The topological polar surface area (TPSA) is 64.1 Å². The van der Waals surface area contributed by atoms with Gasteiger partial charge in [-0.25, -0.2) is 4.68 Å². The van der Waals surface area contributed by atoms with Crippen LogP contribution in [0.3, 0.4) is 0 Å². The summed E-state index contributed by atoms with van der Waals surface area (Å²) in [4.78, 5) is 0. The second kappa shape index (κ2) is 3.98. The van der Waals surface area contributed by atoms with E-state index in [2.05, 4.69) is 5.10 Å². The van der Waals surface area contributed by atoms with Crippen molar-refractivity contribution in [1.82, 2.24) is 9.78 Å². The molecule has 0 spiro atoms. The molecule has 4 nitrogen and oxygen atoms in total. The zero-order valence-corrected chi connectivity index (χ0v) is 9.44. The molecule has 0 atom stereocenters. The highest BCUT2D eigenvalue weighted by molar-refractivity contribution is 5.48. The Bertz CT molecular complexity index is 517. The number of phenols is 1. The van der Waals surface area contributed by atoms with Crippen LogP contribution in [-0.2, 0) is 6.54 Å². The summed E-state index contributed by atoms with van der Waals surface area (Å²) in [5, 5.41) is 14.2. The summed E-state index contributed by atoms with van der Waals surface area (Å²) in [6.45, 7) is 4.30. The Morgan fingerprint density at radius 2 is 2.06 bits per heavy atom. The van der Waals surface area contributed by atoms with E-state index in [0.717, 1.165) is 17.0 Å². The van der Waals surface area contributed by atoms with Crippen LogP contribution in [0.4, 0.5) is 0 Å². The van der Waals surface area contributed by atoms with Crippen molar-refractivity contribution in [3.63, 3.8) is 0 Å². The maximum absolute atomic E-state index is 9.89. The van der Waals surface area contributed by atoms with E-state index in [0.29, 0.717) is 12.2 Å². The van der Waals surface area contributed by atoms with Gasteiger partial charge in [0.2, 0.25) is 0 Å². The fourth-order valence-electron chi connectivity index (χ4n) is 1.75. The zero-order valence-electron chi connectivity index (χ0n) is 9.44. The number of nitrogens with two attached hydrogens (primary N) is 1. The van der Waals surface area contributed by atoms with Gasteiger partial charge in [-0.15, -0.1) is 0 Å². The Balaban J connectivity index is 2.52. The van der Waals surface area contributed by atoms with Crippen LogP contribution in [0, 0.1) is 13.8 Å². The molecule has 2 aromatic rings. The van der Waals surface area contributed by atoms with E-state index >= 15 is 0 Å². The van der Waals surface area contributed by atoms with E-state index in [1.807, 2.05) is 32.0 Å². The molecule has 0 bridgehead atoms. The van der Waals surface area contributed by atoms with Gasteiger partial charge in [-0.1, -0.05) is 6.07 Å². The van der Waals surface area contributed by atoms with Crippen LogP contribution in [0.2, 0.25) is 0 Å². The first-order valence-corrected chi connectivity index (χ1v) is 5.17. The first-order valence-electron chi connectivity index (χ1n) is 5.17. The van der Waals surface area contributed by atoms with Crippen molar-refractivity contribution in [1.29, 1.82) is 0 Å². The molecule has 0 saturated heterocycles. The fraction of sp³-hybridized carbons (Fsp3) is 0.250. The average molecular weight is 217 g/mol. The zero-order chi connectivity index (χ0) is 11.7. The molecule has 0 aliphatic carbocycles. The van der Waals surface area contributed by atoms with Crippen LogP contribution >= 0.6 is 0 Å². The predicted molar refractivity (Wildman–Crippen MR) is 62.6 cm³/mol. The normalized spacial score (nSPS) is 10.7. The van der Waals surface area contributed by atoms with Crippen LogP contribution in [0.25, 0.3) is 5.69 Å². The molecule has 0 saturated carbocycles. The van der Waals surface area contributed by atoms with E-state index in [9.17, 15) is 5.11 Å². The number of benzene rings is 1. The van der Waals surface area contributed by atoms with Crippen LogP contribution in [0.5, 0.6) is 5.75 Å². The molecule has 0 aliphatic rings. The molecule has 84 valence electrons. The van der Waals surface area contributed by atoms with E-state index in [4.69, 9.17) is 5.73 Å². The molecular formula is C12H15N3O. The van der Waals surface area contributed by atoms with Crippen molar-refractivity contribution < 1.29 is 5.11 Å². The third kappa shape index (κ3) is 1.79. The number of nitrogens with zero attached hydrogens (tertiary/aromatic N) is 2. The summed E-state index contributed by atoms with van der Waals surface area (Å²) in [5.41, 5.74) is 9.02. The summed E-state index contributed by atoms with van der Waals surface area (Å²) < 4.78 is 1.73. The Hall–Kier alpha value is -1.81. The van der Waals surface area contributed by atoms with Gasteiger partial charge in [0.1, 0.15) is 11.4 Å². The lowest BCUT2D eigenvalue weighted by Gasteiger charge is -2.08. The number of aromatic nitrogens is 2. The van der Waals surface area contributed by atoms with Gasteiger partial charge in [-0.2, -0.15) is 5.10 Å². The number of aryl methyl sites for hydroxylation is 2. The molecule has 0 radical (unpaired) electrons. The molecule has 4 heteroatoms. The molecule has 0 unspecified atom stereocenters. The monoisotopic (exact) mass is 217 g/mol. The fourth-order valence-corrected chi connectivity index (χ4v) is 1.75. The second-order valence-electron chi connectivity index (χ2n) is 3.87. The van der Waals surface area contributed by atoms with Crippen molar-refractivity contribution in [3.05, 3.63) is 41.2 Å². The molecule has 1 heterocycles. The highest BCUT2D eigenvalue weighted by atomic mass is 16.3. The summed E-state index contributed by atoms with van der Waals surface area (Å²) in [6, 6.07) is 7.37. The largest absolute Gasteiger partial charge is 0.506 e. The molecule has 1 aromatic carbocycles. The minimum Gasteiger partial charge on any atom is -0.506 e. The highest BCUT2D eigenvalue weighted by Gasteiger charge is 2.08. The lowest BCUT2D eigenvalue weighted by Crippen LogP contribution is -2.01. The van der Waals surface area contributed by atoms with Crippen molar-refractivity contribution in [2.75, 3.05) is 0 Å². The summed E-state index contributed by atoms with van der Waals surface area (Å²) in [7, 11) is 0. The van der Waals surface area contributed by atoms with Crippen molar-refractivity contribution in [3.8, 4) is 11.4 Å². The van der Waals surface area contributed by atoms with Gasteiger partial charge in [0, 0.05) is 12.2 Å². The van der Waals surface area contributed by atoms with Gasteiger partial charge in [-0.05, 0) is 37.6 Å². The third-order valence-electron chi connectivity index (χ3n) is 2.51. The SMILES string of the molecule is Cc1cc(C)n(-c2ccc(CN)cc2O)n1. The van der Waals surface area contributed by atoms with E-state index < -0.39 is 0 Å². The number of hydrogen-bond acceptors (Lipinski definition) is 3. The molecule has 1 aromatic heterocycles. The smallest absolute Gasteiger partial charge is 0.141 e. The number of aromatic hydroxyl groups is 1. The second-order valence-corrected chi connectivity index (χ2v) is 3.87. The van der Waals surface area contributed by atoms with Gasteiger partial charge in [-0.3, -0.25) is 0 Å². The lowest BCUT2D eigenvalue weighted by molar-refractivity contribution is 0.469. The molecular weight excluding hydrogens is 202 g/mol. The Morgan fingerprint density at radius 1 is 1.31 bits per heavy atom. The standard InChI is InChI=1S/C12H15N3O/c1-8-5-9(2)15(14-8)11-4-3-10(7-13)6-12(11)16/h3-6,16H,7,13H2,1-2H3. The van der Waals surface area contributed by atoms with Gasteiger partial charge in [0.15, 0.2) is 0 Å². The number of rotatable bonds is 2. The lowest BCUT2D eigenvalue weighted by atomic mass is 10.2. The Morgan fingerprint density at radius 3 is 2.56 bits per heavy atom. The molecule has 0 amide bonds. The minimum absolute atomic E-state index is 0.203. The Labute approximate surface area is 94.3 Å². The quantitative estimate of drug-likeness (QED) is 0.804. The van der Waals surface area contributed by atoms with Crippen LogP contribution in [0.1, 0.15) is 17.0 Å². The number of hydrogen-bond donors (Lipinski definition) is 2. The molecule has 3 N–H and O–H groups in total. The van der Waals surface area contributed by atoms with Gasteiger partial charge in [0.25, 0.3) is 0 Å². The first kappa shape index (κ1) is 10.7. The molecule has 0 aliphatic heterocycles.